The van der Waals surface area contributed by atoms with Gasteiger partial charge in [0.05, 0.1) is 23.8 Å². The molecule has 2 N–H and O–H groups in total. The van der Waals surface area contributed by atoms with Gasteiger partial charge in [-0.05, 0) is 18.2 Å². The summed E-state index contributed by atoms with van der Waals surface area (Å²) in [5, 5.41) is 20.7. The Bertz CT molecular complexity index is 602. The lowest BCUT2D eigenvalue weighted by molar-refractivity contribution is -0.142. The van der Waals surface area contributed by atoms with Crippen LogP contribution < -0.4 is 5.32 Å². The van der Waals surface area contributed by atoms with E-state index in [0.29, 0.717) is 0 Å². The van der Waals surface area contributed by atoms with Gasteiger partial charge >= 0.3 is 12.1 Å². The summed E-state index contributed by atoms with van der Waals surface area (Å²) in [5.41, 5.74) is -2.87. The van der Waals surface area contributed by atoms with Crippen molar-refractivity contribution in [1.82, 2.24) is 0 Å². The third-order valence-electron chi connectivity index (χ3n) is 3.26. The molecule has 21 heavy (non-hydrogen) atoms. The van der Waals surface area contributed by atoms with Crippen LogP contribution in [-0.2, 0) is 15.7 Å². The monoisotopic (exact) mass is 300 g/mol. The predicted octanol–water partition coefficient (Wildman–Crippen LogP) is 2.23. The quantitative estimate of drug-likeness (QED) is 0.894. The first-order chi connectivity index (χ1) is 9.78. The number of anilines is 1. The lowest BCUT2D eigenvalue weighted by Gasteiger charge is -2.25. The molecule has 0 aliphatic carbocycles. The fourth-order valence-electron chi connectivity index (χ4n) is 2.12. The number of nitrogens with one attached hydrogen (secondary N) is 1. The van der Waals surface area contributed by atoms with Crippen molar-refractivity contribution in [2.45, 2.75) is 18.1 Å². The molecule has 8 heteroatoms. The van der Waals surface area contributed by atoms with Gasteiger partial charge in [-0.3, -0.25) is 0 Å². The Morgan fingerprint density at radius 3 is 2.67 bits per heavy atom. The largest absolute Gasteiger partial charge is 0.479 e. The van der Waals surface area contributed by atoms with E-state index in [-0.39, 0.29) is 25.3 Å². The van der Waals surface area contributed by atoms with Crippen LogP contribution in [0, 0.1) is 11.3 Å². The van der Waals surface area contributed by atoms with E-state index in [4.69, 9.17) is 10.00 Å². The van der Waals surface area contributed by atoms with Gasteiger partial charge in [0.25, 0.3) is 0 Å². The number of hydrogen-bond donors (Lipinski definition) is 2. The molecule has 1 aromatic rings. The maximum Gasteiger partial charge on any atom is 0.417 e. The Hall–Kier alpha value is -2.27. The van der Waals surface area contributed by atoms with Gasteiger partial charge in [0.15, 0.2) is 5.54 Å². The van der Waals surface area contributed by atoms with Crippen LogP contribution in [0.25, 0.3) is 0 Å². The van der Waals surface area contributed by atoms with E-state index in [1.165, 1.54) is 6.07 Å². The summed E-state index contributed by atoms with van der Waals surface area (Å²) in [6, 6.07) is 4.32. The first-order valence-electron chi connectivity index (χ1n) is 5.99. The number of benzene rings is 1. The SMILES string of the molecule is N#Cc1cc(NC2(C(=O)O)CCOC2)ccc1C(F)(F)F. The summed E-state index contributed by atoms with van der Waals surface area (Å²) >= 11 is 0. The fraction of sp³-hybridized carbons (Fsp3) is 0.385. The second kappa shape index (κ2) is 5.26. The number of nitrogens with zero attached hydrogens (tertiary/aromatic N) is 1. The lowest BCUT2D eigenvalue weighted by Crippen LogP contribution is -2.47. The average Bonchev–Trinajstić information content (AvgIpc) is 2.87. The van der Waals surface area contributed by atoms with Gasteiger partial charge in [0.2, 0.25) is 0 Å². The fourth-order valence-corrected chi connectivity index (χ4v) is 2.12. The Labute approximate surface area is 117 Å². The van der Waals surface area contributed by atoms with E-state index in [0.717, 1.165) is 18.2 Å². The Balaban J connectivity index is 2.34. The number of aliphatic carboxylic acids is 1. The van der Waals surface area contributed by atoms with Crippen molar-refractivity contribution in [3.63, 3.8) is 0 Å². The van der Waals surface area contributed by atoms with Crippen LogP contribution in [0.5, 0.6) is 0 Å². The van der Waals surface area contributed by atoms with Crippen LogP contribution in [-0.4, -0.2) is 29.8 Å². The minimum atomic E-state index is -4.63. The highest BCUT2D eigenvalue weighted by Gasteiger charge is 2.43. The molecule has 0 radical (unpaired) electrons. The molecule has 1 fully saturated rings. The van der Waals surface area contributed by atoms with E-state index in [1.54, 1.807) is 0 Å². The summed E-state index contributed by atoms with van der Waals surface area (Å²) < 4.78 is 43.1. The first-order valence-corrected chi connectivity index (χ1v) is 5.99. The highest BCUT2D eigenvalue weighted by molar-refractivity contribution is 5.83. The van der Waals surface area contributed by atoms with E-state index in [1.807, 2.05) is 0 Å². The van der Waals surface area contributed by atoms with E-state index in [2.05, 4.69) is 5.32 Å². The number of halogens is 3. The zero-order valence-electron chi connectivity index (χ0n) is 10.7. The highest BCUT2D eigenvalue weighted by Crippen LogP contribution is 2.34. The van der Waals surface area contributed by atoms with Gasteiger partial charge in [0.1, 0.15) is 0 Å². The minimum absolute atomic E-state index is 0.0920. The molecular formula is C13H11F3N2O3. The highest BCUT2D eigenvalue weighted by atomic mass is 19.4. The molecule has 0 amide bonds. The van der Waals surface area contributed by atoms with Crippen LogP contribution >= 0.6 is 0 Å². The van der Waals surface area contributed by atoms with Crippen molar-refractivity contribution in [3.8, 4) is 6.07 Å². The molecule has 1 saturated heterocycles. The molecule has 1 unspecified atom stereocenters. The third kappa shape index (κ3) is 2.92. The van der Waals surface area contributed by atoms with Crippen LogP contribution in [0.15, 0.2) is 18.2 Å². The van der Waals surface area contributed by atoms with Crippen molar-refractivity contribution in [3.05, 3.63) is 29.3 Å². The number of carbonyl (C=O) groups is 1. The topological polar surface area (TPSA) is 82.4 Å². The normalized spacial score (nSPS) is 21.8. The number of rotatable bonds is 3. The van der Waals surface area contributed by atoms with Gasteiger partial charge < -0.3 is 15.2 Å². The summed E-state index contributed by atoms with van der Waals surface area (Å²) in [7, 11) is 0. The Morgan fingerprint density at radius 1 is 1.48 bits per heavy atom. The third-order valence-corrected chi connectivity index (χ3v) is 3.26. The number of nitriles is 1. The molecule has 1 atom stereocenters. The van der Waals surface area contributed by atoms with Gasteiger partial charge in [-0.1, -0.05) is 0 Å². The molecule has 1 heterocycles. The Kier molecular flexibility index (Phi) is 3.78. The summed E-state index contributed by atoms with van der Waals surface area (Å²) in [4.78, 5) is 11.3. The lowest BCUT2D eigenvalue weighted by atomic mass is 9.97. The molecule has 1 aliphatic rings. The van der Waals surface area contributed by atoms with Gasteiger partial charge in [-0.2, -0.15) is 18.4 Å². The number of alkyl halides is 3. The molecule has 0 saturated carbocycles. The first kappa shape index (κ1) is 15.1. The average molecular weight is 300 g/mol. The molecule has 0 spiro atoms. The number of ether oxygens (including phenoxy) is 1. The molecule has 1 aliphatic heterocycles. The van der Waals surface area contributed by atoms with Gasteiger partial charge in [-0.15, -0.1) is 0 Å². The standard InChI is InChI=1S/C13H11F3N2O3/c14-13(15,16)10-2-1-9(5-8(10)6-17)18-12(11(19)20)3-4-21-7-12/h1-2,5,18H,3-4,7H2,(H,19,20). The van der Waals surface area contributed by atoms with Gasteiger partial charge in [-0.25, -0.2) is 4.79 Å². The zero-order chi connectivity index (χ0) is 15.7. The van der Waals surface area contributed by atoms with Crippen molar-refractivity contribution in [2.75, 3.05) is 18.5 Å². The molecule has 1 aromatic carbocycles. The maximum atomic E-state index is 12.7. The van der Waals surface area contributed by atoms with Crippen molar-refractivity contribution in [2.24, 2.45) is 0 Å². The molecule has 0 aromatic heterocycles. The van der Waals surface area contributed by atoms with Crippen LogP contribution in [0.3, 0.4) is 0 Å². The predicted molar refractivity (Wildman–Crippen MR) is 65.6 cm³/mol. The minimum Gasteiger partial charge on any atom is -0.479 e. The number of carboxylic acid groups (broad SMARTS) is 1. The molecular weight excluding hydrogens is 289 g/mol. The van der Waals surface area contributed by atoms with Crippen molar-refractivity contribution in [1.29, 1.82) is 5.26 Å². The van der Waals surface area contributed by atoms with Crippen molar-refractivity contribution < 1.29 is 27.8 Å². The smallest absolute Gasteiger partial charge is 0.417 e. The maximum absolute atomic E-state index is 12.7. The second-order valence-electron chi connectivity index (χ2n) is 4.68. The van der Waals surface area contributed by atoms with E-state index >= 15 is 0 Å². The van der Waals surface area contributed by atoms with E-state index < -0.39 is 28.8 Å². The van der Waals surface area contributed by atoms with E-state index in [9.17, 15) is 23.1 Å². The summed E-state index contributed by atoms with van der Waals surface area (Å²) in [6.07, 6.45) is -4.45. The Morgan fingerprint density at radius 2 is 2.19 bits per heavy atom. The van der Waals surface area contributed by atoms with Gasteiger partial charge in [0, 0.05) is 18.7 Å². The molecule has 2 rings (SSSR count). The van der Waals surface area contributed by atoms with Crippen LogP contribution in [0.4, 0.5) is 18.9 Å². The molecule has 0 bridgehead atoms. The molecule has 112 valence electrons. The summed E-state index contributed by atoms with van der Waals surface area (Å²) in [6.45, 7) is 0.149. The van der Waals surface area contributed by atoms with Crippen molar-refractivity contribution >= 4 is 11.7 Å². The second-order valence-corrected chi connectivity index (χ2v) is 4.68. The van der Waals surface area contributed by atoms with Crippen LogP contribution in [0.2, 0.25) is 0 Å². The number of carboxylic acids is 1. The molecule has 5 nitrogen and oxygen atoms in total. The number of hydrogen-bond acceptors (Lipinski definition) is 4. The zero-order valence-corrected chi connectivity index (χ0v) is 10.7. The summed E-state index contributed by atoms with van der Waals surface area (Å²) in [5.74, 6) is -1.15. The van der Waals surface area contributed by atoms with Crippen LogP contribution in [0.1, 0.15) is 17.5 Å².